The molecule has 0 bridgehead atoms. The summed E-state index contributed by atoms with van der Waals surface area (Å²) in [4.78, 5) is 12.1. The van der Waals surface area contributed by atoms with Gasteiger partial charge in [0, 0.05) is 19.0 Å². The molecular formula is C18H21N5OS. The lowest BCUT2D eigenvalue weighted by atomic mass is 10.1. The van der Waals surface area contributed by atoms with Crippen LogP contribution in [-0.4, -0.2) is 25.9 Å². The van der Waals surface area contributed by atoms with E-state index in [4.69, 9.17) is 0 Å². The van der Waals surface area contributed by atoms with Gasteiger partial charge in [0.05, 0.1) is 11.9 Å². The van der Waals surface area contributed by atoms with Crippen molar-refractivity contribution in [2.75, 3.05) is 5.32 Å². The molecule has 2 heterocycles. The molecular weight excluding hydrogens is 334 g/mol. The second-order valence-corrected chi connectivity index (χ2v) is 7.34. The van der Waals surface area contributed by atoms with E-state index < -0.39 is 0 Å². The fourth-order valence-corrected chi connectivity index (χ4v) is 3.35. The Morgan fingerprint density at radius 1 is 1.24 bits per heavy atom. The van der Waals surface area contributed by atoms with Crippen LogP contribution in [0.2, 0.25) is 0 Å². The average Bonchev–Trinajstić information content (AvgIpc) is 3.23. The minimum atomic E-state index is -0.0558. The standard InChI is InChI=1S/C18H21N5OS/c1-13(2)10-17-21-22-18(25-17)20-16(24)9-8-14-11-19-23(12-14)15-6-4-3-5-7-15/h3-7,11-13H,8-10H2,1-2H3,(H,20,22,24). The number of hydrogen-bond acceptors (Lipinski definition) is 5. The fourth-order valence-electron chi connectivity index (χ4n) is 2.39. The number of aromatic nitrogens is 4. The Hall–Kier alpha value is -2.54. The zero-order chi connectivity index (χ0) is 17.6. The van der Waals surface area contributed by atoms with Crippen molar-refractivity contribution in [2.45, 2.75) is 33.1 Å². The van der Waals surface area contributed by atoms with E-state index in [1.165, 1.54) is 11.3 Å². The Morgan fingerprint density at radius 2 is 2.04 bits per heavy atom. The molecule has 1 N–H and O–H groups in total. The molecule has 0 unspecified atom stereocenters. The monoisotopic (exact) mass is 355 g/mol. The summed E-state index contributed by atoms with van der Waals surface area (Å²) in [5.41, 5.74) is 2.03. The van der Waals surface area contributed by atoms with Gasteiger partial charge in [0.2, 0.25) is 11.0 Å². The highest BCUT2D eigenvalue weighted by molar-refractivity contribution is 7.15. The number of hydrogen-bond donors (Lipinski definition) is 1. The maximum atomic E-state index is 12.1. The van der Waals surface area contributed by atoms with E-state index in [9.17, 15) is 4.79 Å². The molecule has 130 valence electrons. The van der Waals surface area contributed by atoms with Gasteiger partial charge in [-0.05, 0) is 30.0 Å². The fraction of sp³-hybridized carbons (Fsp3) is 0.333. The number of nitrogens with one attached hydrogen (secondary N) is 1. The Bertz CT molecular complexity index is 825. The van der Waals surface area contributed by atoms with Gasteiger partial charge in [0.15, 0.2) is 0 Å². The lowest BCUT2D eigenvalue weighted by molar-refractivity contribution is -0.116. The van der Waals surface area contributed by atoms with E-state index in [2.05, 4.69) is 34.5 Å². The first-order chi connectivity index (χ1) is 12.1. The zero-order valence-electron chi connectivity index (χ0n) is 14.3. The first-order valence-electron chi connectivity index (χ1n) is 8.31. The van der Waals surface area contributed by atoms with Crippen molar-refractivity contribution in [3.05, 3.63) is 53.3 Å². The van der Waals surface area contributed by atoms with E-state index in [1.807, 2.05) is 41.2 Å². The Labute approximate surface area is 150 Å². The van der Waals surface area contributed by atoms with Gasteiger partial charge in [0.1, 0.15) is 5.01 Å². The second-order valence-electron chi connectivity index (χ2n) is 6.28. The molecule has 3 aromatic rings. The molecule has 0 atom stereocenters. The van der Waals surface area contributed by atoms with Gasteiger partial charge in [-0.25, -0.2) is 4.68 Å². The van der Waals surface area contributed by atoms with E-state index in [0.29, 0.717) is 23.9 Å². The topological polar surface area (TPSA) is 72.7 Å². The first kappa shape index (κ1) is 17.3. The van der Waals surface area contributed by atoms with Crippen LogP contribution in [0.3, 0.4) is 0 Å². The van der Waals surface area contributed by atoms with Crippen molar-refractivity contribution >= 4 is 22.4 Å². The largest absolute Gasteiger partial charge is 0.301 e. The third-order valence-electron chi connectivity index (χ3n) is 3.59. The average molecular weight is 355 g/mol. The van der Waals surface area contributed by atoms with Crippen molar-refractivity contribution < 1.29 is 4.79 Å². The molecule has 3 rings (SSSR count). The van der Waals surface area contributed by atoms with Gasteiger partial charge < -0.3 is 5.32 Å². The minimum Gasteiger partial charge on any atom is -0.301 e. The van der Waals surface area contributed by atoms with Crippen LogP contribution in [-0.2, 0) is 17.6 Å². The maximum Gasteiger partial charge on any atom is 0.226 e. The van der Waals surface area contributed by atoms with Crippen molar-refractivity contribution in [2.24, 2.45) is 5.92 Å². The van der Waals surface area contributed by atoms with E-state index >= 15 is 0 Å². The molecule has 0 aliphatic carbocycles. The smallest absolute Gasteiger partial charge is 0.226 e. The first-order valence-corrected chi connectivity index (χ1v) is 9.13. The van der Waals surface area contributed by atoms with Crippen LogP contribution < -0.4 is 5.32 Å². The number of amides is 1. The highest BCUT2D eigenvalue weighted by Gasteiger charge is 2.10. The molecule has 7 heteroatoms. The lowest BCUT2D eigenvalue weighted by Crippen LogP contribution is -2.12. The summed E-state index contributed by atoms with van der Waals surface area (Å²) in [7, 11) is 0. The molecule has 0 fully saturated rings. The summed E-state index contributed by atoms with van der Waals surface area (Å²) < 4.78 is 1.82. The highest BCUT2D eigenvalue weighted by atomic mass is 32.1. The predicted molar refractivity (Wildman–Crippen MR) is 99.0 cm³/mol. The van der Waals surface area contributed by atoms with Gasteiger partial charge in [-0.2, -0.15) is 5.10 Å². The van der Waals surface area contributed by atoms with Crippen LogP contribution in [0.25, 0.3) is 5.69 Å². The van der Waals surface area contributed by atoms with Gasteiger partial charge in [-0.15, -0.1) is 10.2 Å². The Balaban J connectivity index is 1.51. The molecule has 0 radical (unpaired) electrons. The number of rotatable bonds is 7. The summed E-state index contributed by atoms with van der Waals surface area (Å²) in [6.07, 6.45) is 5.66. The maximum absolute atomic E-state index is 12.1. The number of anilines is 1. The number of para-hydroxylation sites is 1. The van der Waals surface area contributed by atoms with E-state index in [0.717, 1.165) is 22.7 Å². The third-order valence-corrected chi connectivity index (χ3v) is 4.45. The van der Waals surface area contributed by atoms with Crippen molar-refractivity contribution in [1.82, 2.24) is 20.0 Å². The highest BCUT2D eigenvalue weighted by Crippen LogP contribution is 2.18. The SMILES string of the molecule is CC(C)Cc1nnc(NC(=O)CCc2cnn(-c3ccccc3)c2)s1. The summed E-state index contributed by atoms with van der Waals surface area (Å²) in [5, 5.41) is 16.8. The summed E-state index contributed by atoms with van der Waals surface area (Å²) >= 11 is 1.44. The number of aryl methyl sites for hydroxylation is 1. The molecule has 1 aromatic carbocycles. The van der Waals surface area contributed by atoms with Crippen molar-refractivity contribution in [3.63, 3.8) is 0 Å². The number of carbonyl (C=O) groups is 1. The summed E-state index contributed by atoms with van der Waals surface area (Å²) in [6.45, 7) is 4.27. The number of benzene rings is 1. The molecule has 2 aromatic heterocycles. The molecule has 0 aliphatic rings. The van der Waals surface area contributed by atoms with Gasteiger partial charge in [-0.3, -0.25) is 4.79 Å². The van der Waals surface area contributed by atoms with Crippen LogP contribution in [0.1, 0.15) is 30.8 Å². The minimum absolute atomic E-state index is 0.0558. The van der Waals surface area contributed by atoms with Crippen LogP contribution in [0.5, 0.6) is 0 Å². The Morgan fingerprint density at radius 3 is 2.80 bits per heavy atom. The van der Waals surface area contributed by atoms with Gasteiger partial charge in [0.25, 0.3) is 0 Å². The predicted octanol–water partition coefficient (Wildman–Crippen LogP) is 3.49. The summed E-state index contributed by atoms with van der Waals surface area (Å²) in [6, 6.07) is 9.90. The normalized spacial score (nSPS) is 11.0. The van der Waals surface area contributed by atoms with E-state index in [1.54, 1.807) is 6.20 Å². The third kappa shape index (κ3) is 4.96. The number of nitrogens with zero attached hydrogens (tertiary/aromatic N) is 4. The van der Waals surface area contributed by atoms with Crippen molar-refractivity contribution in [1.29, 1.82) is 0 Å². The quantitative estimate of drug-likeness (QED) is 0.704. The molecule has 6 nitrogen and oxygen atoms in total. The molecule has 1 amide bonds. The molecule has 0 saturated carbocycles. The molecule has 0 saturated heterocycles. The molecule has 25 heavy (non-hydrogen) atoms. The van der Waals surface area contributed by atoms with Crippen LogP contribution >= 0.6 is 11.3 Å². The second kappa shape index (κ2) is 8.02. The van der Waals surface area contributed by atoms with Crippen molar-refractivity contribution in [3.8, 4) is 5.69 Å². The zero-order valence-corrected chi connectivity index (χ0v) is 15.2. The van der Waals surface area contributed by atoms with Gasteiger partial charge >= 0.3 is 0 Å². The number of carbonyl (C=O) groups excluding carboxylic acids is 1. The molecule has 0 aliphatic heterocycles. The molecule has 0 spiro atoms. The Kier molecular flexibility index (Phi) is 5.55. The lowest BCUT2D eigenvalue weighted by Gasteiger charge is -2.00. The van der Waals surface area contributed by atoms with Crippen LogP contribution in [0.15, 0.2) is 42.7 Å². The van der Waals surface area contributed by atoms with E-state index in [-0.39, 0.29) is 5.91 Å². The van der Waals surface area contributed by atoms with Crippen LogP contribution in [0.4, 0.5) is 5.13 Å². The summed E-state index contributed by atoms with van der Waals surface area (Å²) in [5.74, 6) is 0.470. The van der Waals surface area contributed by atoms with Gasteiger partial charge in [-0.1, -0.05) is 43.4 Å². The van der Waals surface area contributed by atoms with Crippen LogP contribution in [0, 0.1) is 5.92 Å².